The predicted octanol–water partition coefficient (Wildman–Crippen LogP) is 2.34. The Morgan fingerprint density at radius 3 is 2.95 bits per heavy atom. The molecule has 5 heteroatoms. The Labute approximate surface area is 119 Å². The van der Waals surface area contributed by atoms with Gasteiger partial charge in [-0.05, 0) is 38.8 Å². The molecule has 1 aromatic rings. The van der Waals surface area contributed by atoms with E-state index >= 15 is 0 Å². The van der Waals surface area contributed by atoms with Crippen molar-refractivity contribution >= 4 is 11.8 Å². The average Bonchev–Trinajstić information content (AvgIpc) is 2.34. The summed E-state index contributed by atoms with van der Waals surface area (Å²) in [6.07, 6.45) is 0.451. The summed E-state index contributed by atoms with van der Waals surface area (Å²) < 4.78 is 10.9. The highest BCUT2D eigenvalue weighted by Gasteiger charge is 2.23. The number of rotatable bonds is 2. The first-order valence-corrected chi connectivity index (χ1v) is 6.82. The topological polar surface area (TPSA) is 73.6 Å². The second-order valence-electron chi connectivity index (χ2n) is 6.10. The van der Waals surface area contributed by atoms with Gasteiger partial charge in [0.05, 0.1) is 12.3 Å². The molecule has 1 amide bonds. The van der Waals surface area contributed by atoms with Gasteiger partial charge >= 0.3 is 6.09 Å². The zero-order valence-corrected chi connectivity index (χ0v) is 12.2. The molecule has 0 fully saturated rings. The fourth-order valence-electron chi connectivity index (χ4n) is 2.19. The summed E-state index contributed by atoms with van der Waals surface area (Å²) >= 11 is 0. The third-order valence-corrected chi connectivity index (χ3v) is 3.03. The molecule has 0 saturated carbocycles. The minimum Gasteiger partial charge on any atom is -0.491 e. The Balaban J connectivity index is 1.86. The van der Waals surface area contributed by atoms with Gasteiger partial charge in [-0.25, -0.2) is 4.79 Å². The lowest BCUT2D eigenvalue weighted by atomic mass is 9.96. The van der Waals surface area contributed by atoms with E-state index in [-0.39, 0.29) is 5.92 Å². The Bertz CT molecular complexity index is 494. The van der Waals surface area contributed by atoms with Gasteiger partial charge in [0.1, 0.15) is 11.4 Å². The van der Waals surface area contributed by atoms with Crippen LogP contribution in [0.2, 0.25) is 0 Å². The van der Waals surface area contributed by atoms with Crippen molar-refractivity contribution in [1.29, 1.82) is 0 Å². The smallest absolute Gasteiger partial charge is 0.407 e. The van der Waals surface area contributed by atoms with E-state index in [1.807, 2.05) is 39.0 Å². The molecule has 1 aliphatic rings. The number of hydrogen-bond acceptors (Lipinski definition) is 4. The fourth-order valence-corrected chi connectivity index (χ4v) is 2.19. The highest BCUT2D eigenvalue weighted by Crippen LogP contribution is 2.32. The number of carbonyl (C=O) groups excluding carboxylic acids is 1. The third-order valence-electron chi connectivity index (χ3n) is 3.03. The summed E-state index contributed by atoms with van der Waals surface area (Å²) in [6.45, 7) is 6.61. The van der Waals surface area contributed by atoms with Crippen LogP contribution in [-0.2, 0) is 11.2 Å². The first-order chi connectivity index (χ1) is 9.35. The minimum atomic E-state index is -0.478. The third kappa shape index (κ3) is 3.79. The number of amides is 1. The van der Waals surface area contributed by atoms with Gasteiger partial charge in [-0.1, -0.05) is 12.1 Å². The van der Waals surface area contributed by atoms with E-state index in [1.54, 1.807) is 0 Å². The quantitative estimate of drug-likeness (QED) is 0.814. The van der Waals surface area contributed by atoms with Gasteiger partial charge in [-0.3, -0.25) is 0 Å². The molecule has 2 rings (SSSR count). The molecule has 110 valence electrons. The van der Waals surface area contributed by atoms with Gasteiger partial charge in [0.25, 0.3) is 0 Å². The molecular weight excluding hydrogens is 256 g/mol. The number of alkyl carbamates (subject to hydrolysis) is 1. The maximum absolute atomic E-state index is 11.6. The number of nitrogen functional groups attached to an aromatic ring is 1. The van der Waals surface area contributed by atoms with Crippen molar-refractivity contribution in [1.82, 2.24) is 5.32 Å². The first-order valence-electron chi connectivity index (χ1n) is 6.82. The van der Waals surface area contributed by atoms with Crippen molar-refractivity contribution in [3.63, 3.8) is 0 Å². The van der Waals surface area contributed by atoms with E-state index in [1.165, 1.54) is 0 Å². The van der Waals surface area contributed by atoms with E-state index in [4.69, 9.17) is 15.2 Å². The molecule has 0 aromatic heterocycles. The number of nitrogens with two attached hydrogens (primary N) is 1. The molecule has 0 bridgehead atoms. The number of nitrogens with one attached hydrogen (secondary N) is 1. The maximum Gasteiger partial charge on any atom is 0.407 e. The monoisotopic (exact) mass is 278 g/mol. The van der Waals surface area contributed by atoms with Crippen molar-refractivity contribution in [2.75, 3.05) is 18.9 Å². The van der Waals surface area contributed by atoms with Gasteiger partial charge in [0, 0.05) is 12.5 Å². The molecule has 1 atom stereocenters. The van der Waals surface area contributed by atoms with Crippen LogP contribution in [0, 0.1) is 5.92 Å². The number of fused-ring (bicyclic) bond motifs is 1. The molecule has 1 aliphatic heterocycles. The number of para-hydroxylation sites is 1. The zero-order chi connectivity index (χ0) is 14.8. The minimum absolute atomic E-state index is 0.233. The molecule has 0 saturated heterocycles. The van der Waals surface area contributed by atoms with Crippen molar-refractivity contribution in [2.45, 2.75) is 32.8 Å². The second-order valence-corrected chi connectivity index (χ2v) is 6.10. The van der Waals surface area contributed by atoms with E-state index < -0.39 is 11.7 Å². The highest BCUT2D eigenvalue weighted by atomic mass is 16.6. The summed E-state index contributed by atoms with van der Waals surface area (Å²) in [5.74, 6) is 1.01. The summed E-state index contributed by atoms with van der Waals surface area (Å²) in [5.41, 5.74) is 7.14. The second kappa shape index (κ2) is 5.61. The van der Waals surface area contributed by atoms with E-state index in [0.29, 0.717) is 18.8 Å². The standard InChI is InChI=1S/C15H22N2O3/c1-15(2,3)20-14(18)17-8-10-7-11-5-4-6-12(16)13(11)19-9-10/h4-6,10H,7-9,16H2,1-3H3,(H,17,18). The van der Waals surface area contributed by atoms with E-state index in [2.05, 4.69) is 5.32 Å². The van der Waals surface area contributed by atoms with Gasteiger partial charge in [-0.15, -0.1) is 0 Å². The zero-order valence-electron chi connectivity index (χ0n) is 12.2. The Morgan fingerprint density at radius 2 is 2.25 bits per heavy atom. The molecule has 0 aliphatic carbocycles. The summed E-state index contributed by atoms with van der Waals surface area (Å²) in [6, 6.07) is 5.75. The number of hydrogen-bond donors (Lipinski definition) is 2. The number of benzene rings is 1. The van der Waals surface area contributed by atoms with Crippen LogP contribution in [0.5, 0.6) is 5.75 Å². The SMILES string of the molecule is CC(C)(C)OC(=O)NCC1COc2c(N)cccc2C1. The molecule has 0 radical (unpaired) electrons. The Hall–Kier alpha value is -1.91. The highest BCUT2D eigenvalue weighted by molar-refractivity contribution is 5.67. The Kier molecular flexibility index (Phi) is 4.06. The van der Waals surface area contributed by atoms with Gasteiger partial charge in [0.2, 0.25) is 0 Å². The van der Waals surface area contributed by atoms with Crippen LogP contribution < -0.4 is 15.8 Å². The van der Waals surface area contributed by atoms with Crippen LogP contribution in [-0.4, -0.2) is 24.8 Å². The number of anilines is 1. The van der Waals surface area contributed by atoms with Crippen LogP contribution in [0.15, 0.2) is 18.2 Å². The lowest BCUT2D eigenvalue weighted by Gasteiger charge is -2.27. The van der Waals surface area contributed by atoms with Crippen LogP contribution in [0.3, 0.4) is 0 Å². The molecule has 0 spiro atoms. The van der Waals surface area contributed by atoms with Crippen LogP contribution >= 0.6 is 0 Å². The summed E-state index contributed by atoms with van der Waals surface area (Å²) in [5, 5.41) is 2.78. The molecule has 3 N–H and O–H groups in total. The summed E-state index contributed by atoms with van der Waals surface area (Å²) in [7, 11) is 0. The lowest BCUT2D eigenvalue weighted by molar-refractivity contribution is 0.0512. The lowest BCUT2D eigenvalue weighted by Crippen LogP contribution is -2.38. The number of ether oxygens (including phenoxy) is 2. The average molecular weight is 278 g/mol. The molecule has 5 nitrogen and oxygen atoms in total. The van der Waals surface area contributed by atoms with Crippen molar-refractivity contribution in [3.05, 3.63) is 23.8 Å². The van der Waals surface area contributed by atoms with Gasteiger partial charge in [-0.2, -0.15) is 0 Å². The van der Waals surface area contributed by atoms with Gasteiger partial charge < -0.3 is 20.5 Å². The van der Waals surface area contributed by atoms with Crippen LogP contribution in [0.4, 0.5) is 10.5 Å². The fraction of sp³-hybridized carbons (Fsp3) is 0.533. The normalized spacial score (nSPS) is 17.9. The Morgan fingerprint density at radius 1 is 1.50 bits per heavy atom. The van der Waals surface area contributed by atoms with E-state index in [0.717, 1.165) is 17.7 Å². The van der Waals surface area contributed by atoms with Crippen molar-refractivity contribution < 1.29 is 14.3 Å². The van der Waals surface area contributed by atoms with Crippen LogP contribution in [0.1, 0.15) is 26.3 Å². The molecule has 1 heterocycles. The maximum atomic E-state index is 11.6. The van der Waals surface area contributed by atoms with Crippen molar-refractivity contribution in [3.8, 4) is 5.75 Å². The predicted molar refractivity (Wildman–Crippen MR) is 77.8 cm³/mol. The number of carbonyl (C=O) groups is 1. The van der Waals surface area contributed by atoms with E-state index in [9.17, 15) is 4.79 Å². The first kappa shape index (κ1) is 14.5. The van der Waals surface area contributed by atoms with Gasteiger partial charge in [0.15, 0.2) is 0 Å². The molecule has 20 heavy (non-hydrogen) atoms. The molecular formula is C15H22N2O3. The summed E-state index contributed by atoms with van der Waals surface area (Å²) in [4.78, 5) is 11.6. The van der Waals surface area contributed by atoms with Crippen molar-refractivity contribution in [2.24, 2.45) is 5.92 Å². The molecule has 1 aromatic carbocycles. The molecule has 1 unspecified atom stereocenters. The van der Waals surface area contributed by atoms with Crippen LogP contribution in [0.25, 0.3) is 0 Å². The largest absolute Gasteiger partial charge is 0.491 e.